The minimum Gasteiger partial charge on any atom is -0.478 e. The predicted octanol–water partition coefficient (Wildman–Crippen LogP) is 2.09. The summed E-state index contributed by atoms with van der Waals surface area (Å²) in [5.41, 5.74) is 1.27. The van der Waals surface area contributed by atoms with E-state index in [0.29, 0.717) is 5.56 Å². The van der Waals surface area contributed by atoms with Crippen LogP contribution in [-0.4, -0.2) is 24.2 Å². The molecule has 0 amide bonds. The molecular formula is C13H17NO2. The predicted molar refractivity (Wildman–Crippen MR) is 64.8 cm³/mol. The van der Waals surface area contributed by atoms with Gasteiger partial charge in [0.1, 0.15) is 0 Å². The van der Waals surface area contributed by atoms with Gasteiger partial charge < -0.3 is 10.4 Å². The zero-order valence-corrected chi connectivity index (χ0v) is 9.28. The third kappa shape index (κ3) is 3.87. The maximum absolute atomic E-state index is 10.9. The zero-order valence-electron chi connectivity index (χ0n) is 9.28. The zero-order chi connectivity index (χ0) is 11.8. The molecule has 0 aliphatic carbocycles. The molecule has 0 aromatic heterocycles. The molecule has 0 saturated heterocycles. The quantitative estimate of drug-likeness (QED) is 0.545. The minimum absolute atomic E-state index is 0.396. The van der Waals surface area contributed by atoms with Crippen LogP contribution in [0.25, 0.3) is 0 Å². The smallest absolute Gasteiger partial charge is 0.335 e. The van der Waals surface area contributed by atoms with Gasteiger partial charge in [-0.2, -0.15) is 0 Å². The number of hydrogen-bond acceptors (Lipinski definition) is 2. The van der Waals surface area contributed by atoms with Gasteiger partial charge in [0.05, 0.1) is 5.56 Å². The summed E-state index contributed by atoms with van der Waals surface area (Å²) in [5.74, 6) is -0.860. The standard InChI is InChI=1S/C13H17NO2/c1-2-3-9-14-10-8-11-6-4-5-7-12(11)13(15)16/h2,4-7,14H,1,3,8-10H2,(H,15,16). The second kappa shape index (κ2) is 6.80. The second-order valence-corrected chi connectivity index (χ2v) is 3.54. The molecule has 2 N–H and O–H groups in total. The van der Waals surface area contributed by atoms with Crippen molar-refractivity contribution in [2.45, 2.75) is 12.8 Å². The molecule has 16 heavy (non-hydrogen) atoms. The van der Waals surface area contributed by atoms with Crippen molar-refractivity contribution in [2.75, 3.05) is 13.1 Å². The van der Waals surface area contributed by atoms with Gasteiger partial charge >= 0.3 is 5.97 Å². The van der Waals surface area contributed by atoms with Crippen LogP contribution in [0.5, 0.6) is 0 Å². The van der Waals surface area contributed by atoms with Crippen molar-refractivity contribution in [1.29, 1.82) is 0 Å². The van der Waals surface area contributed by atoms with Gasteiger partial charge in [0.25, 0.3) is 0 Å². The van der Waals surface area contributed by atoms with E-state index in [1.807, 2.05) is 18.2 Å². The van der Waals surface area contributed by atoms with E-state index in [1.165, 1.54) is 0 Å². The molecule has 0 atom stereocenters. The highest BCUT2D eigenvalue weighted by molar-refractivity contribution is 5.89. The Morgan fingerprint density at radius 3 is 2.81 bits per heavy atom. The van der Waals surface area contributed by atoms with E-state index in [0.717, 1.165) is 31.5 Å². The van der Waals surface area contributed by atoms with E-state index in [9.17, 15) is 4.79 Å². The molecule has 0 radical (unpaired) electrons. The van der Waals surface area contributed by atoms with Crippen LogP contribution in [0, 0.1) is 0 Å². The topological polar surface area (TPSA) is 49.3 Å². The molecule has 0 heterocycles. The molecule has 0 bridgehead atoms. The lowest BCUT2D eigenvalue weighted by atomic mass is 10.0. The highest BCUT2D eigenvalue weighted by atomic mass is 16.4. The lowest BCUT2D eigenvalue weighted by Crippen LogP contribution is -2.19. The van der Waals surface area contributed by atoms with Crippen LogP contribution < -0.4 is 5.32 Å². The third-order valence-electron chi connectivity index (χ3n) is 2.34. The molecule has 0 fully saturated rings. The maximum atomic E-state index is 10.9. The second-order valence-electron chi connectivity index (χ2n) is 3.54. The first kappa shape index (κ1) is 12.5. The van der Waals surface area contributed by atoms with Gasteiger partial charge in [0.15, 0.2) is 0 Å². The van der Waals surface area contributed by atoms with Gasteiger partial charge in [-0.25, -0.2) is 4.79 Å². The molecule has 86 valence electrons. The molecule has 0 saturated carbocycles. The van der Waals surface area contributed by atoms with E-state index < -0.39 is 5.97 Å². The lowest BCUT2D eigenvalue weighted by Gasteiger charge is -2.06. The summed E-state index contributed by atoms with van der Waals surface area (Å²) >= 11 is 0. The van der Waals surface area contributed by atoms with Gasteiger partial charge in [-0.1, -0.05) is 24.3 Å². The molecule has 0 unspecified atom stereocenters. The Labute approximate surface area is 95.8 Å². The van der Waals surface area contributed by atoms with Crippen molar-refractivity contribution in [1.82, 2.24) is 5.32 Å². The van der Waals surface area contributed by atoms with Crippen molar-refractivity contribution in [3.05, 3.63) is 48.0 Å². The third-order valence-corrected chi connectivity index (χ3v) is 2.34. The normalized spacial score (nSPS) is 10.0. The van der Waals surface area contributed by atoms with Crippen molar-refractivity contribution in [2.24, 2.45) is 0 Å². The maximum Gasteiger partial charge on any atom is 0.335 e. The number of carboxylic acids is 1. The van der Waals surface area contributed by atoms with Crippen LogP contribution in [0.2, 0.25) is 0 Å². The van der Waals surface area contributed by atoms with Crippen LogP contribution in [0.1, 0.15) is 22.3 Å². The van der Waals surface area contributed by atoms with E-state index in [-0.39, 0.29) is 0 Å². The largest absolute Gasteiger partial charge is 0.478 e. The fourth-order valence-corrected chi connectivity index (χ4v) is 1.50. The fraction of sp³-hybridized carbons (Fsp3) is 0.308. The Hall–Kier alpha value is -1.61. The summed E-state index contributed by atoms with van der Waals surface area (Å²) in [6.45, 7) is 5.31. The number of carboxylic acid groups (broad SMARTS) is 1. The van der Waals surface area contributed by atoms with Crippen LogP contribution in [0.4, 0.5) is 0 Å². The van der Waals surface area contributed by atoms with E-state index >= 15 is 0 Å². The number of benzene rings is 1. The Morgan fingerprint density at radius 1 is 1.38 bits per heavy atom. The van der Waals surface area contributed by atoms with Crippen molar-refractivity contribution in [3.63, 3.8) is 0 Å². The van der Waals surface area contributed by atoms with Crippen molar-refractivity contribution >= 4 is 5.97 Å². The van der Waals surface area contributed by atoms with Crippen molar-refractivity contribution in [3.8, 4) is 0 Å². The van der Waals surface area contributed by atoms with Gasteiger partial charge in [0.2, 0.25) is 0 Å². The molecular weight excluding hydrogens is 202 g/mol. The first-order valence-corrected chi connectivity index (χ1v) is 5.38. The Balaban J connectivity index is 2.47. The highest BCUT2D eigenvalue weighted by Crippen LogP contribution is 2.08. The monoisotopic (exact) mass is 219 g/mol. The average Bonchev–Trinajstić information content (AvgIpc) is 2.29. The summed E-state index contributed by atoms with van der Waals surface area (Å²) in [6.07, 6.45) is 3.53. The van der Waals surface area contributed by atoms with E-state index in [4.69, 9.17) is 5.11 Å². The number of nitrogens with one attached hydrogen (secondary N) is 1. The Kier molecular flexibility index (Phi) is 5.29. The van der Waals surface area contributed by atoms with Crippen LogP contribution in [-0.2, 0) is 6.42 Å². The fourth-order valence-electron chi connectivity index (χ4n) is 1.50. The summed E-state index contributed by atoms with van der Waals surface area (Å²) in [4.78, 5) is 10.9. The molecule has 0 spiro atoms. The first-order chi connectivity index (χ1) is 7.75. The molecule has 1 aromatic carbocycles. The number of hydrogen-bond donors (Lipinski definition) is 2. The highest BCUT2D eigenvalue weighted by Gasteiger charge is 2.07. The van der Waals surface area contributed by atoms with Crippen LogP contribution >= 0.6 is 0 Å². The lowest BCUT2D eigenvalue weighted by molar-refractivity contribution is 0.0695. The van der Waals surface area contributed by atoms with Gasteiger partial charge in [-0.05, 0) is 37.6 Å². The molecule has 3 nitrogen and oxygen atoms in total. The van der Waals surface area contributed by atoms with Gasteiger partial charge in [-0.15, -0.1) is 6.58 Å². The Bertz CT molecular complexity index is 361. The first-order valence-electron chi connectivity index (χ1n) is 5.38. The van der Waals surface area contributed by atoms with E-state index in [1.54, 1.807) is 12.1 Å². The molecule has 3 heteroatoms. The molecule has 0 aliphatic rings. The minimum atomic E-state index is -0.860. The Morgan fingerprint density at radius 2 is 2.12 bits per heavy atom. The van der Waals surface area contributed by atoms with Gasteiger partial charge in [-0.3, -0.25) is 0 Å². The van der Waals surface area contributed by atoms with Crippen LogP contribution in [0.3, 0.4) is 0 Å². The summed E-state index contributed by atoms with van der Waals surface area (Å²) < 4.78 is 0. The number of rotatable bonds is 7. The molecule has 1 aromatic rings. The van der Waals surface area contributed by atoms with Crippen LogP contribution in [0.15, 0.2) is 36.9 Å². The SMILES string of the molecule is C=CCCNCCc1ccccc1C(=O)O. The van der Waals surface area contributed by atoms with Gasteiger partial charge in [0, 0.05) is 0 Å². The summed E-state index contributed by atoms with van der Waals surface area (Å²) in [7, 11) is 0. The summed E-state index contributed by atoms with van der Waals surface area (Å²) in [6, 6.07) is 7.11. The summed E-state index contributed by atoms with van der Waals surface area (Å²) in [5, 5.41) is 12.2. The average molecular weight is 219 g/mol. The molecule has 1 rings (SSSR count). The molecule has 0 aliphatic heterocycles. The number of carbonyl (C=O) groups is 1. The van der Waals surface area contributed by atoms with Crippen molar-refractivity contribution < 1.29 is 9.90 Å². The van der Waals surface area contributed by atoms with E-state index in [2.05, 4.69) is 11.9 Å². The number of aromatic carboxylic acids is 1.